The van der Waals surface area contributed by atoms with Gasteiger partial charge in [0.2, 0.25) is 0 Å². The second kappa shape index (κ2) is 5.09. The van der Waals surface area contributed by atoms with Crippen LogP contribution in [0.4, 0.5) is 4.39 Å². The molecule has 0 fully saturated rings. The average Bonchev–Trinajstić information content (AvgIpc) is 3.09. The van der Waals surface area contributed by atoms with Crippen molar-refractivity contribution < 1.29 is 14.0 Å². The number of imide groups is 1. The molecule has 1 aliphatic heterocycles. The normalized spacial score (nSPS) is 13.1. The Morgan fingerprint density at radius 1 is 1.00 bits per heavy atom. The number of aromatic nitrogens is 3. The van der Waals surface area contributed by atoms with E-state index >= 15 is 0 Å². The fourth-order valence-electron chi connectivity index (χ4n) is 2.82. The molecule has 2 aromatic heterocycles. The van der Waals surface area contributed by atoms with Crippen molar-refractivity contribution in [2.24, 2.45) is 7.05 Å². The van der Waals surface area contributed by atoms with E-state index in [0.29, 0.717) is 22.4 Å². The highest BCUT2D eigenvalue weighted by Crippen LogP contribution is 2.34. The largest absolute Gasteiger partial charge is 0.287 e. The summed E-state index contributed by atoms with van der Waals surface area (Å²) in [6.45, 7) is 0. The number of hydrogen-bond acceptors (Lipinski definition) is 4. The molecule has 2 amide bonds. The summed E-state index contributed by atoms with van der Waals surface area (Å²) in [5, 5.41) is 6.66. The fraction of sp³-hybridized carbons (Fsp3) is 0.0588. The summed E-state index contributed by atoms with van der Waals surface area (Å²) in [5.41, 5.74) is 2.88. The number of aryl methyl sites for hydroxylation is 1. The Morgan fingerprint density at radius 3 is 2.50 bits per heavy atom. The van der Waals surface area contributed by atoms with Gasteiger partial charge in [0, 0.05) is 36.1 Å². The van der Waals surface area contributed by atoms with Crippen LogP contribution >= 0.6 is 0 Å². The molecule has 24 heavy (non-hydrogen) atoms. The Morgan fingerprint density at radius 2 is 1.75 bits per heavy atom. The van der Waals surface area contributed by atoms with Crippen LogP contribution in [-0.4, -0.2) is 26.6 Å². The second-order valence-electron chi connectivity index (χ2n) is 5.44. The van der Waals surface area contributed by atoms with Crippen LogP contribution in [0.1, 0.15) is 20.8 Å². The van der Waals surface area contributed by atoms with Crippen molar-refractivity contribution in [2.75, 3.05) is 0 Å². The number of benzene rings is 1. The first-order valence-electron chi connectivity index (χ1n) is 7.19. The minimum Gasteiger partial charge on any atom is -0.287 e. The van der Waals surface area contributed by atoms with Crippen LogP contribution in [0.15, 0.2) is 42.7 Å². The first-order valence-corrected chi connectivity index (χ1v) is 7.19. The maximum atomic E-state index is 13.2. The number of rotatable bonds is 2. The third-order valence-electron chi connectivity index (χ3n) is 3.86. The quantitative estimate of drug-likeness (QED) is 0.734. The summed E-state index contributed by atoms with van der Waals surface area (Å²) >= 11 is 0. The fourth-order valence-corrected chi connectivity index (χ4v) is 2.82. The van der Waals surface area contributed by atoms with Crippen molar-refractivity contribution in [2.45, 2.75) is 0 Å². The zero-order chi connectivity index (χ0) is 16.8. The topological polar surface area (TPSA) is 76.9 Å². The molecule has 3 aromatic rings. The SMILES string of the molecule is Cn1cc(-c2ccnc3c2C(=O)NC3=O)c(-c2ccc(F)cc2)n1. The molecule has 1 aromatic carbocycles. The predicted octanol–water partition coefficient (Wildman–Crippen LogP) is 2.17. The van der Waals surface area contributed by atoms with Crippen molar-refractivity contribution in [3.05, 3.63) is 59.8 Å². The number of nitrogens with one attached hydrogen (secondary N) is 1. The van der Waals surface area contributed by atoms with Gasteiger partial charge in [0.15, 0.2) is 0 Å². The van der Waals surface area contributed by atoms with Crippen molar-refractivity contribution >= 4 is 11.8 Å². The Labute approximate surface area is 135 Å². The van der Waals surface area contributed by atoms with Crippen LogP contribution in [0.5, 0.6) is 0 Å². The van der Waals surface area contributed by atoms with Gasteiger partial charge in [0.1, 0.15) is 17.2 Å². The number of carbonyl (C=O) groups excluding carboxylic acids is 2. The molecule has 3 heterocycles. The smallest absolute Gasteiger partial charge is 0.277 e. The van der Waals surface area contributed by atoms with Crippen molar-refractivity contribution in [3.8, 4) is 22.4 Å². The molecule has 0 bridgehead atoms. The molecule has 0 spiro atoms. The lowest BCUT2D eigenvalue weighted by molar-refractivity contribution is 0.0878. The molecule has 0 saturated heterocycles. The molecule has 1 aliphatic rings. The molecular formula is C17H11FN4O2. The number of nitrogens with zero attached hydrogens (tertiary/aromatic N) is 3. The summed E-state index contributed by atoms with van der Waals surface area (Å²) < 4.78 is 14.8. The highest BCUT2D eigenvalue weighted by Gasteiger charge is 2.32. The van der Waals surface area contributed by atoms with Gasteiger partial charge in [0.25, 0.3) is 11.8 Å². The van der Waals surface area contributed by atoms with Crippen molar-refractivity contribution in [3.63, 3.8) is 0 Å². The second-order valence-corrected chi connectivity index (χ2v) is 5.44. The first kappa shape index (κ1) is 14.3. The van der Waals surface area contributed by atoms with Crippen molar-refractivity contribution in [1.82, 2.24) is 20.1 Å². The number of pyridine rings is 1. The Balaban J connectivity index is 1.95. The molecule has 0 unspecified atom stereocenters. The number of amides is 2. The summed E-state index contributed by atoms with van der Waals surface area (Å²) in [5.74, 6) is -1.33. The highest BCUT2D eigenvalue weighted by atomic mass is 19.1. The van der Waals surface area contributed by atoms with E-state index in [4.69, 9.17) is 0 Å². The third-order valence-corrected chi connectivity index (χ3v) is 3.86. The van der Waals surface area contributed by atoms with E-state index in [1.54, 1.807) is 36.1 Å². The Bertz CT molecular complexity index is 992. The molecule has 4 rings (SSSR count). The van der Waals surface area contributed by atoms with Crippen LogP contribution in [0, 0.1) is 5.82 Å². The van der Waals surface area contributed by atoms with Gasteiger partial charge in [-0.15, -0.1) is 0 Å². The van der Waals surface area contributed by atoms with E-state index in [2.05, 4.69) is 15.4 Å². The van der Waals surface area contributed by atoms with Crippen LogP contribution in [0.3, 0.4) is 0 Å². The van der Waals surface area contributed by atoms with Gasteiger partial charge in [-0.2, -0.15) is 5.10 Å². The molecule has 0 radical (unpaired) electrons. The van der Waals surface area contributed by atoms with Gasteiger partial charge in [-0.05, 0) is 30.3 Å². The van der Waals surface area contributed by atoms with E-state index in [-0.39, 0.29) is 17.1 Å². The summed E-state index contributed by atoms with van der Waals surface area (Å²) in [6, 6.07) is 7.60. The molecule has 118 valence electrons. The van der Waals surface area contributed by atoms with Gasteiger partial charge >= 0.3 is 0 Å². The highest BCUT2D eigenvalue weighted by molar-refractivity contribution is 6.23. The van der Waals surface area contributed by atoms with Crippen LogP contribution in [0.25, 0.3) is 22.4 Å². The average molecular weight is 322 g/mol. The minimum atomic E-state index is -0.510. The van der Waals surface area contributed by atoms with E-state index in [0.717, 1.165) is 0 Å². The molecule has 0 atom stereocenters. The lowest BCUT2D eigenvalue weighted by Crippen LogP contribution is -2.20. The van der Waals surface area contributed by atoms with Gasteiger partial charge < -0.3 is 0 Å². The molecular weight excluding hydrogens is 311 g/mol. The minimum absolute atomic E-state index is 0.103. The monoisotopic (exact) mass is 322 g/mol. The van der Waals surface area contributed by atoms with E-state index in [9.17, 15) is 14.0 Å². The maximum Gasteiger partial charge on any atom is 0.277 e. The standard InChI is InChI=1S/C17H11FN4O2/c1-22-8-12(14(21-22)9-2-4-10(18)5-3-9)11-6-7-19-15-13(11)16(23)20-17(15)24/h2-8H,1H3,(H,20,23,24). The first-order chi connectivity index (χ1) is 11.5. The van der Waals surface area contributed by atoms with Gasteiger partial charge in [-0.3, -0.25) is 24.6 Å². The van der Waals surface area contributed by atoms with Crippen LogP contribution < -0.4 is 5.32 Å². The maximum absolute atomic E-state index is 13.2. The molecule has 1 N–H and O–H groups in total. The molecule has 0 saturated carbocycles. The number of halogens is 1. The van der Waals surface area contributed by atoms with E-state index in [1.165, 1.54) is 18.3 Å². The Hall–Kier alpha value is -3.35. The summed E-state index contributed by atoms with van der Waals surface area (Å²) in [7, 11) is 1.75. The zero-order valence-electron chi connectivity index (χ0n) is 12.6. The Kier molecular flexibility index (Phi) is 3.02. The lowest BCUT2D eigenvalue weighted by Gasteiger charge is -2.06. The number of hydrogen-bond donors (Lipinski definition) is 1. The molecule has 6 nitrogen and oxygen atoms in total. The lowest BCUT2D eigenvalue weighted by atomic mass is 9.97. The van der Waals surface area contributed by atoms with Crippen molar-refractivity contribution in [1.29, 1.82) is 0 Å². The van der Waals surface area contributed by atoms with Gasteiger partial charge in [0.05, 0.1) is 5.56 Å². The number of carbonyl (C=O) groups is 2. The van der Waals surface area contributed by atoms with Crippen LogP contribution in [0.2, 0.25) is 0 Å². The number of fused-ring (bicyclic) bond motifs is 1. The molecule has 7 heteroatoms. The van der Waals surface area contributed by atoms with E-state index in [1.807, 2.05) is 0 Å². The van der Waals surface area contributed by atoms with Gasteiger partial charge in [-0.1, -0.05) is 0 Å². The summed E-state index contributed by atoms with van der Waals surface area (Å²) in [6.07, 6.45) is 3.23. The van der Waals surface area contributed by atoms with Gasteiger partial charge in [-0.25, -0.2) is 4.39 Å². The van der Waals surface area contributed by atoms with Crippen LogP contribution in [-0.2, 0) is 7.05 Å². The van der Waals surface area contributed by atoms with E-state index < -0.39 is 11.8 Å². The third kappa shape index (κ3) is 2.10. The predicted molar refractivity (Wildman–Crippen MR) is 83.6 cm³/mol. The zero-order valence-corrected chi connectivity index (χ0v) is 12.6. The summed E-state index contributed by atoms with van der Waals surface area (Å²) in [4.78, 5) is 27.9. The molecule has 0 aliphatic carbocycles.